The number of nitriles is 1. The van der Waals surface area contributed by atoms with Crippen LogP contribution in [0.15, 0.2) is 18.2 Å². The first-order valence-corrected chi connectivity index (χ1v) is 4.86. The summed E-state index contributed by atoms with van der Waals surface area (Å²) in [6.45, 7) is 6.54. The van der Waals surface area contributed by atoms with E-state index in [0.717, 1.165) is 0 Å². The van der Waals surface area contributed by atoms with Crippen LogP contribution in [-0.2, 0) is 6.54 Å². The van der Waals surface area contributed by atoms with Gasteiger partial charge in [-0.15, -0.1) is 0 Å². The fourth-order valence-corrected chi connectivity index (χ4v) is 1.12. The molecule has 0 unspecified atom stereocenters. The smallest absolute Gasteiger partial charge is 0.129 e. The fraction of sp³-hybridized carbons (Fsp3) is 0.417. The molecule has 0 aliphatic rings. The lowest BCUT2D eigenvalue weighted by molar-refractivity contribution is 0.418. The van der Waals surface area contributed by atoms with Crippen LogP contribution in [0.5, 0.6) is 0 Å². The first kappa shape index (κ1) is 11.7. The van der Waals surface area contributed by atoms with Crippen molar-refractivity contribution < 1.29 is 4.39 Å². The van der Waals surface area contributed by atoms with Crippen LogP contribution in [0.25, 0.3) is 0 Å². The van der Waals surface area contributed by atoms with Crippen molar-refractivity contribution in [3.63, 3.8) is 0 Å². The Hall–Kier alpha value is -1.40. The molecular formula is C12H15FN2. The molecule has 1 rings (SSSR count). The number of rotatable bonds is 2. The molecular weight excluding hydrogens is 191 g/mol. The Balaban J connectivity index is 2.76. The molecule has 15 heavy (non-hydrogen) atoms. The van der Waals surface area contributed by atoms with E-state index in [-0.39, 0.29) is 11.4 Å². The summed E-state index contributed by atoms with van der Waals surface area (Å²) in [6.07, 6.45) is 0. The molecule has 0 spiro atoms. The minimum absolute atomic E-state index is 0.0413. The topological polar surface area (TPSA) is 35.8 Å². The van der Waals surface area contributed by atoms with E-state index in [9.17, 15) is 4.39 Å². The summed E-state index contributed by atoms with van der Waals surface area (Å²) in [5, 5.41) is 11.8. The van der Waals surface area contributed by atoms with Crippen LogP contribution >= 0.6 is 0 Å². The van der Waals surface area contributed by atoms with Crippen molar-refractivity contribution in [2.24, 2.45) is 0 Å². The summed E-state index contributed by atoms with van der Waals surface area (Å²) >= 11 is 0. The SMILES string of the molecule is CC(C)(C)NCc1ccc(C#N)cc1F. The zero-order valence-corrected chi connectivity index (χ0v) is 9.26. The van der Waals surface area contributed by atoms with Crippen LogP contribution in [0.2, 0.25) is 0 Å². The van der Waals surface area contributed by atoms with Gasteiger partial charge in [-0.2, -0.15) is 5.26 Å². The van der Waals surface area contributed by atoms with Crippen molar-refractivity contribution in [2.45, 2.75) is 32.9 Å². The lowest BCUT2D eigenvalue weighted by atomic mass is 10.1. The predicted octanol–water partition coefficient (Wildman–Crippen LogP) is 2.59. The van der Waals surface area contributed by atoms with Gasteiger partial charge in [0.05, 0.1) is 11.6 Å². The highest BCUT2D eigenvalue weighted by atomic mass is 19.1. The van der Waals surface area contributed by atoms with Crippen LogP contribution in [-0.4, -0.2) is 5.54 Å². The van der Waals surface area contributed by atoms with Crippen LogP contribution < -0.4 is 5.32 Å². The summed E-state index contributed by atoms with van der Waals surface area (Å²) in [4.78, 5) is 0. The molecule has 2 nitrogen and oxygen atoms in total. The maximum Gasteiger partial charge on any atom is 0.129 e. The first-order valence-electron chi connectivity index (χ1n) is 4.86. The molecule has 0 saturated heterocycles. The molecule has 0 saturated carbocycles. The van der Waals surface area contributed by atoms with Gasteiger partial charge in [-0.3, -0.25) is 0 Å². The van der Waals surface area contributed by atoms with E-state index in [0.29, 0.717) is 17.7 Å². The van der Waals surface area contributed by atoms with E-state index in [4.69, 9.17) is 5.26 Å². The maximum absolute atomic E-state index is 13.4. The number of nitrogens with zero attached hydrogens (tertiary/aromatic N) is 1. The van der Waals surface area contributed by atoms with Gasteiger partial charge >= 0.3 is 0 Å². The number of hydrogen-bond donors (Lipinski definition) is 1. The molecule has 0 aliphatic carbocycles. The van der Waals surface area contributed by atoms with Gasteiger partial charge in [-0.1, -0.05) is 6.07 Å². The van der Waals surface area contributed by atoms with Gasteiger partial charge < -0.3 is 5.32 Å². The summed E-state index contributed by atoms with van der Waals surface area (Å²) < 4.78 is 13.4. The largest absolute Gasteiger partial charge is 0.308 e. The minimum Gasteiger partial charge on any atom is -0.308 e. The van der Waals surface area contributed by atoms with Crippen molar-refractivity contribution in [2.75, 3.05) is 0 Å². The van der Waals surface area contributed by atoms with Gasteiger partial charge in [0, 0.05) is 17.6 Å². The Morgan fingerprint density at radius 3 is 2.53 bits per heavy atom. The molecule has 0 bridgehead atoms. The highest BCUT2D eigenvalue weighted by molar-refractivity contribution is 5.32. The van der Waals surface area contributed by atoms with Crippen molar-refractivity contribution in [1.82, 2.24) is 5.32 Å². The Kier molecular flexibility index (Phi) is 3.43. The van der Waals surface area contributed by atoms with E-state index in [2.05, 4.69) is 5.32 Å². The Morgan fingerprint density at radius 1 is 1.40 bits per heavy atom. The molecule has 1 N–H and O–H groups in total. The van der Waals surface area contributed by atoms with Gasteiger partial charge in [0.15, 0.2) is 0 Å². The molecule has 0 aliphatic heterocycles. The molecule has 0 amide bonds. The number of hydrogen-bond acceptors (Lipinski definition) is 2. The number of halogens is 1. The van der Waals surface area contributed by atoms with Crippen molar-refractivity contribution in [1.29, 1.82) is 5.26 Å². The van der Waals surface area contributed by atoms with Gasteiger partial charge in [0.2, 0.25) is 0 Å². The molecule has 1 aromatic carbocycles. The molecule has 3 heteroatoms. The number of nitrogens with one attached hydrogen (secondary N) is 1. The summed E-state index contributed by atoms with van der Waals surface area (Å²) in [5.41, 5.74) is 0.899. The standard InChI is InChI=1S/C12H15FN2/c1-12(2,3)15-8-10-5-4-9(7-14)6-11(10)13/h4-6,15H,8H2,1-3H3. The molecule has 0 radical (unpaired) electrons. The lowest BCUT2D eigenvalue weighted by Crippen LogP contribution is -2.35. The minimum atomic E-state index is -0.328. The van der Waals surface area contributed by atoms with E-state index < -0.39 is 0 Å². The second-order valence-electron chi connectivity index (χ2n) is 4.52. The Labute approximate surface area is 89.7 Å². The van der Waals surface area contributed by atoms with Gasteiger partial charge in [-0.25, -0.2) is 4.39 Å². The average Bonchev–Trinajstić information content (AvgIpc) is 2.14. The Bertz CT molecular complexity index is 386. The molecule has 0 heterocycles. The maximum atomic E-state index is 13.4. The zero-order valence-electron chi connectivity index (χ0n) is 9.26. The van der Waals surface area contributed by atoms with Crippen LogP contribution in [0.4, 0.5) is 4.39 Å². The first-order chi connectivity index (χ1) is 6.92. The van der Waals surface area contributed by atoms with Crippen LogP contribution in [0, 0.1) is 17.1 Å². The van der Waals surface area contributed by atoms with E-state index in [1.807, 2.05) is 26.8 Å². The molecule has 0 atom stereocenters. The summed E-state index contributed by atoms with van der Waals surface area (Å²) in [7, 11) is 0. The monoisotopic (exact) mass is 206 g/mol. The average molecular weight is 206 g/mol. The van der Waals surface area contributed by atoms with Crippen molar-refractivity contribution >= 4 is 0 Å². The highest BCUT2D eigenvalue weighted by Gasteiger charge is 2.10. The predicted molar refractivity (Wildman–Crippen MR) is 57.7 cm³/mol. The molecule has 1 aromatic rings. The summed E-state index contributed by atoms with van der Waals surface area (Å²) in [6, 6.07) is 6.44. The third kappa shape index (κ3) is 3.69. The third-order valence-corrected chi connectivity index (χ3v) is 1.99. The Morgan fingerprint density at radius 2 is 2.07 bits per heavy atom. The summed E-state index contributed by atoms with van der Waals surface area (Å²) in [5.74, 6) is -0.328. The van der Waals surface area contributed by atoms with Crippen LogP contribution in [0.1, 0.15) is 31.9 Å². The normalized spacial score (nSPS) is 11.1. The quantitative estimate of drug-likeness (QED) is 0.807. The van der Waals surface area contributed by atoms with E-state index in [1.54, 1.807) is 12.1 Å². The van der Waals surface area contributed by atoms with Gasteiger partial charge in [0.25, 0.3) is 0 Å². The van der Waals surface area contributed by atoms with Crippen molar-refractivity contribution in [3.8, 4) is 6.07 Å². The fourth-order valence-electron chi connectivity index (χ4n) is 1.12. The third-order valence-electron chi connectivity index (χ3n) is 1.99. The molecule has 0 aromatic heterocycles. The second kappa shape index (κ2) is 4.41. The highest BCUT2D eigenvalue weighted by Crippen LogP contribution is 2.11. The van der Waals surface area contributed by atoms with E-state index >= 15 is 0 Å². The molecule has 0 fully saturated rings. The molecule has 80 valence electrons. The second-order valence-corrected chi connectivity index (χ2v) is 4.52. The van der Waals surface area contributed by atoms with E-state index in [1.165, 1.54) is 6.07 Å². The van der Waals surface area contributed by atoms with Crippen LogP contribution in [0.3, 0.4) is 0 Å². The lowest BCUT2D eigenvalue weighted by Gasteiger charge is -2.20. The number of benzene rings is 1. The zero-order chi connectivity index (χ0) is 11.5. The van der Waals surface area contributed by atoms with Crippen molar-refractivity contribution in [3.05, 3.63) is 35.1 Å². The van der Waals surface area contributed by atoms with Gasteiger partial charge in [-0.05, 0) is 32.9 Å². The van der Waals surface area contributed by atoms with Gasteiger partial charge in [0.1, 0.15) is 5.82 Å².